The van der Waals surface area contributed by atoms with Crippen molar-refractivity contribution < 1.29 is 4.74 Å². The predicted octanol–water partition coefficient (Wildman–Crippen LogP) is 5.04. The Balaban J connectivity index is 1.51. The van der Waals surface area contributed by atoms with Crippen molar-refractivity contribution in [3.05, 3.63) is 29.3 Å². The Morgan fingerprint density at radius 1 is 1.00 bits per heavy atom. The fraction of sp³-hybridized carbons (Fsp3) is 0.667. The monoisotopic (exact) mass is 334 g/mol. The van der Waals surface area contributed by atoms with Gasteiger partial charge < -0.3 is 4.74 Å². The Bertz CT molecular complexity index is 504. The van der Waals surface area contributed by atoms with Gasteiger partial charge in [0.1, 0.15) is 11.9 Å². The highest BCUT2D eigenvalue weighted by molar-refractivity contribution is 9.09. The summed E-state index contributed by atoms with van der Waals surface area (Å²) < 4.78 is 6.41. The molecule has 2 fully saturated rings. The normalized spacial score (nSPS) is 30.9. The van der Waals surface area contributed by atoms with Gasteiger partial charge in [0.15, 0.2) is 0 Å². The summed E-state index contributed by atoms with van der Waals surface area (Å²) in [5, 5.41) is 0. The maximum absolute atomic E-state index is 6.41. The summed E-state index contributed by atoms with van der Waals surface area (Å²) in [5.41, 5.74) is 3.49. The molecule has 3 aliphatic rings. The second-order valence-electron chi connectivity index (χ2n) is 6.89. The maximum atomic E-state index is 6.41. The zero-order valence-corrected chi connectivity index (χ0v) is 13.6. The molecule has 2 saturated carbocycles. The first-order chi connectivity index (χ1) is 9.78. The Kier molecular flexibility index (Phi) is 3.33. The van der Waals surface area contributed by atoms with Crippen LogP contribution in [-0.4, -0.2) is 10.9 Å². The van der Waals surface area contributed by atoms with E-state index in [9.17, 15) is 0 Å². The zero-order valence-electron chi connectivity index (χ0n) is 12.0. The Morgan fingerprint density at radius 3 is 2.60 bits per heavy atom. The molecule has 1 aromatic carbocycles. The number of aryl methyl sites for hydroxylation is 2. The Hall–Kier alpha value is -0.500. The summed E-state index contributed by atoms with van der Waals surface area (Å²) in [7, 11) is 0. The lowest BCUT2D eigenvalue weighted by atomic mass is 9.58. The van der Waals surface area contributed by atoms with Crippen LogP contribution in [-0.2, 0) is 12.8 Å². The number of rotatable bonds is 2. The maximum Gasteiger partial charge on any atom is 0.120 e. The molecule has 2 unspecified atom stereocenters. The predicted molar refractivity (Wildman–Crippen MR) is 85.7 cm³/mol. The number of halogens is 1. The molecule has 0 aliphatic heterocycles. The van der Waals surface area contributed by atoms with Gasteiger partial charge >= 0.3 is 0 Å². The molecule has 3 aliphatic carbocycles. The van der Waals surface area contributed by atoms with E-state index in [1.807, 2.05) is 0 Å². The van der Waals surface area contributed by atoms with Crippen LogP contribution in [0.15, 0.2) is 18.2 Å². The summed E-state index contributed by atoms with van der Waals surface area (Å²) in [6, 6.07) is 6.79. The molecule has 20 heavy (non-hydrogen) atoms. The van der Waals surface area contributed by atoms with Crippen molar-refractivity contribution >= 4 is 15.9 Å². The number of fused-ring (bicyclic) bond motifs is 1. The minimum absolute atomic E-state index is 0.428. The smallest absolute Gasteiger partial charge is 0.120 e. The largest absolute Gasteiger partial charge is 0.490 e. The van der Waals surface area contributed by atoms with Crippen LogP contribution < -0.4 is 4.74 Å². The third-order valence-corrected chi connectivity index (χ3v) is 7.10. The van der Waals surface area contributed by atoms with E-state index in [1.165, 1.54) is 68.9 Å². The van der Waals surface area contributed by atoms with Gasteiger partial charge in [-0.25, -0.2) is 0 Å². The van der Waals surface area contributed by atoms with Gasteiger partial charge in [-0.1, -0.05) is 41.3 Å². The van der Waals surface area contributed by atoms with E-state index >= 15 is 0 Å². The van der Waals surface area contributed by atoms with Gasteiger partial charge in [0.25, 0.3) is 0 Å². The average molecular weight is 335 g/mol. The first kappa shape index (κ1) is 13.2. The third-order valence-electron chi connectivity index (χ3n) is 5.82. The first-order valence-electron chi connectivity index (χ1n) is 8.20. The van der Waals surface area contributed by atoms with Gasteiger partial charge in [0.2, 0.25) is 0 Å². The van der Waals surface area contributed by atoms with Gasteiger partial charge in [0, 0.05) is 10.2 Å². The third kappa shape index (κ3) is 2.03. The molecule has 0 heterocycles. The molecule has 0 amide bonds. The van der Waals surface area contributed by atoms with Gasteiger partial charge in [-0.3, -0.25) is 0 Å². The molecule has 1 aromatic rings. The van der Waals surface area contributed by atoms with Gasteiger partial charge in [-0.15, -0.1) is 0 Å². The van der Waals surface area contributed by atoms with Crippen LogP contribution in [0.4, 0.5) is 0 Å². The first-order valence-corrected chi connectivity index (χ1v) is 9.12. The molecule has 0 aromatic heterocycles. The van der Waals surface area contributed by atoms with E-state index < -0.39 is 0 Å². The van der Waals surface area contributed by atoms with Crippen LogP contribution in [0.25, 0.3) is 0 Å². The van der Waals surface area contributed by atoms with Crippen LogP contribution in [0, 0.1) is 5.41 Å². The van der Waals surface area contributed by atoms with E-state index in [4.69, 9.17) is 4.74 Å². The Labute approximate surface area is 130 Å². The lowest BCUT2D eigenvalue weighted by Crippen LogP contribution is -2.57. The summed E-state index contributed by atoms with van der Waals surface area (Å²) >= 11 is 3.90. The highest BCUT2D eigenvalue weighted by atomic mass is 79.9. The van der Waals surface area contributed by atoms with E-state index in [0.717, 1.165) is 5.75 Å². The van der Waals surface area contributed by atoms with Crippen molar-refractivity contribution in [3.63, 3.8) is 0 Å². The van der Waals surface area contributed by atoms with Crippen LogP contribution in [0.3, 0.4) is 0 Å². The SMILES string of the molecule is BrC1CC(Oc2ccc3c(c2)CCC3)C12CCCCC2. The molecule has 2 atom stereocenters. The Morgan fingerprint density at radius 2 is 1.80 bits per heavy atom. The van der Waals surface area contributed by atoms with Crippen molar-refractivity contribution in [2.45, 2.75) is 68.7 Å². The molecule has 0 saturated heterocycles. The molecule has 1 nitrogen and oxygen atoms in total. The molecule has 108 valence electrons. The molecular weight excluding hydrogens is 312 g/mol. The minimum Gasteiger partial charge on any atom is -0.490 e. The van der Waals surface area contributed by atoms with Crippen molar-refractivity contribution in [2.75, 3.05) is 0 Å². The number of hydrogen-bond donors (Lipinski definition) is 0. The fourth-order valence-electron chi connectivity index (χ4n) is 4.50. The molecule has 2 heteroatoms. The fourth-order valence-corrected chi connectivity index (χ4v) is 5.59. The van der Waals surface area contributed by atoms with Crippen molar-refractivity contribution in [2.24, 2.45) is 5.41 Å². The van der Waals surface area contributed by atoms with E-state index in [0.29, 0.717) is 16.3 Å². The summed E-state index contributed by atoms with van der Waals surface area (Å²) in [5.74, 6) is 1.11. The lowest BCUT2D eigenvalue weighted by Gasteiger charge is -2.55. The number of alkyl halides is 1. The standard InChI is InChI=1S/C18H23BrO/c19-16-12-17(18(16)9-2-1-3-10-18)20-15-8-7-13-5-4-6-14(13)11-15/h7-8,11,16-17H,1-6,9-10,12H2. The highest BCUT2D eigenvalue weighted by Crippen LogP contribution is 2.56. The lowest BCUT2D eigenvalue weighted by molar-refractivity contribution is -0.0601. The number of hydrogen-bond acceptors (Lipinski definition) is 1. The topological polar surface area (TPSA) is 9.23 Å². The summed E-state index contributed by atoms with van der Waals surface area (Å²) in [6.07, 6.45) is 12.3. The zero-order chi connectivity index (χ0) is 13.6. The minimum atomic E-state index is 0.428. The van der Waals surface area contributed by atoms with Crippen molar-refractivity contribution in [1.29, 1.82) is 0 Å². The second-order valence-corrected chi connectivity index (χ2v) is 7.99. The molecule has 1 spiro atoms. The van der Waals surface area contributed by atoms with Crippen LogP contribution in [0.1, 0.15) is 56.1 Å². The van der Waals surface area contributed by atoms with Gasteiger partial charge in [-0.2, -0.15) is 0 Å². The molecule has 0 N–H and O–H groups in total. The van der Waals surface area contributed by atoms with Gasteiger partial charge in [-0.05, 0) is 61.8 Å². The van der Waals surface area contributed by atoms with Crippen molar-refractivity contribution in [1.82, 2.24) is 0 Å². The van der Waals surface area contributed by atoms with Crippen LogP contribution in [0.2, 0.25) is 0 Å². The number of benzene rings is 1. The van der Waals surface area contributed by atoms with Gasteiger partial charge in [0.05, 0.1) is 0 Å². The van der Waals surface area contributed by atoms with E-state index in [1.54, 1.807) is 0 Å². The molecule has 4 rings (SSSR count). The summed E-state index contributed by atoms with van der Waals surface area (Å²) in [4.78, 5) is 0.676. The van der Waals surface area contributed by atoms with Crippen molar-refractivity contribution in [3.8, 4) is 5.75 Å². The molecule has 0 bridgehead atoms. The summed E-state index contributed by atoms with van der Waals surface area (Å²) in [6.45, 7) is 0. The quantitative estimate of drug-likeness (QED) is 0.688. The number of ether oxygens (including phenoxy) is 1. The highest BCUT2D eigenvalue weighted by Gasteiger charge is 2.55. The van der Waals surface area contributed by atoms with Crippen LogP contribution >= 0.6 is 15.9 Å². The second kappa shape index (κ2) is 5.05. The van der Waals surface area contributed by atoms with E-state index in [2.05, 4.69) is 34.1 Å². The average Bonchev–Trinajstić information content (AvgIpc) is 2.95. The molecule has 0 radical (unpaired) electrons. The molecular formula is C18H23BrO. The van der Waals surface area contributed by atoms with E-state index in [-0.39, 0.29) is 0 Å². The van der Waals surface area contributed by atoms with Crippen LogP contribution in [0.5, 0.6) is 5.75 Å².